The molecular weight excluding hydrogens is 341 g/mol. The van der Waals surface area contributed by atoms with Gasteiger partial charge in [-0.05, 0) is 25.0 Å². The minimum absolute atomic E-state index is 0.0318. The summed E-state index contributed by atoms with van der Waals surface area (Å²) in [6.07, 6.45) is 2.75. The highest BCUT2D eigenvalue weighted by atomic mass is 79.9. The van der Waals surface area contributed by atoms with Crippen molar-refractivity contribution in [3.05, 3.63) is 33.9 Å². The molecule has 3 rings (SSSR count). The third kappa shape index (κ3) is 2.90. The number of alkyl halides is 1. The Balaban J connectivity index is 1.97. The van der Waals surface area contributed by atoms with E-state index in [-0.39, 0.29) is 6.61 Å². The Morgan fingerprint density at radius 1 is 1.48 bits per heavy atom. The largest absolute Gasteiger partial charge is 0.489 e. The first-order valence-electron chi connectivity index (χ1n) is 6.64. The highest BCUT2D eigenvalue weighted by molar-refractivity contribution is 9.10. The molecule has 1 aromatic rings. The van der Waals surface area contributed by atoms with Crippen LogP contribution < -0.4 is 4.74 Å². The van der Waals surface area contributed by atoms with Gasteiger partial charge in [-0.2, -0.15) is 0 Å². The Morgan fingerprint density at radius 3 is 2.81 bits per heavy atom. The monoisotopic (exact) mass is 355 g/mol. The molecule has 1 heterocycles. The maximum Gasteiger partial charge on any atom is 0.348 e. The molecule has 0 N–H and O–H groups in total. The first kappa shape index (κ1) is 14.4. The smallest absolute Gasteiger partial charge is 0.348 e. The van der Waals surface area contributed by atoms with Crippen molar-refractivity contribution < 1.29 is 18.7 Å². The van der Waals surface area contributed by atoms with Crippen LogP contribution in [0.5, 0.6) is 5.75 Å². The summed E-state index contributed by atoms with van der Waals surface area (Å²) in [5.41, 5.74) is -0.225. The van der Waals surface area contributed by atoms with Crippen LogP contribution in [0, 0.1) is 0 Å². The van der Waals surface area contributed by atoms with Gasteiger partial charge in [0.2, 0.25) is 0 Å². The van der Waals surface area contributed by atoms with E-state index >= 15 is 0 Å². The van der Waals surface area contributed by atoms with Gasteiger partial charge in [0.15, 0.2) is 5.76 Å². The number of halogens is 2. The van der Waals surface area contributed by atoms with Gasteiger partial charge in [0.25, 0.3) is 0 Å². The topological polar surface area (TPSA) is 38.8 Å². The van der Waals surface area contributed by atoms with Gasteiger partial charge < -0.3 is 14.4 Å². The summed E-state index contributed by atoms with van der Waals surface area (Å²) in [4.78, 5) is 13.9. The lowest BCUT2D eigenvalue weighted by Gasteiger charge is -2.11. The third-order valence-electron chi connectivity index (χ3n) is 3.39. The Hall–Kier alpha value is -1.56. The lowest BCUT2D eigenvalue weighted by atomic mass is 10.1. The number of esters is 1. The predicted octanol–water partition coefficient (Wildman–Crippen LogP) is 3.36. The quantitative estimate of drug-likeness (QED) is 0.776. The molecule has 0 atom stereocenters. The fraction of sp³-hybridized carbons (Fsp3) is 0.400. The third-order valence-corrected chi connectivity index (χ3v) is 3.85. The fourth-order valence-corrected chi connectivity index (χ4v) is 2.56. The average molecular weight is 356 g/mol. The minimum Gasteiger partial charge on any atom is -0.489 e. The second-order valence-corrected chi connectivity index (χ2v) is 6.53. The second-order valence-electron chi connectivity index (χ2n) is 5.61. The number of hydrogen-bond donors (Lipinski definition) is 0. The van der Waals surface area contributed by atoms with Gasteiger partial charge in [0, 0.05) is 30.3 Å². The van der Waals surface area contributed by atoms with Crippen molar-refractivity contribution in [1.82, 2.24) is 4.90 Å². The van der Waals surface area contributed by atoms with Crippen molar-refractivity contribution in [1.29, 1.82) is 0 Å². The normalized spacial score (nSPS) is 20.2. The van der Waals surface area contributed by atoms with E-state index in [9.17, 15) is 9.18 Å². The van der Waals surface area contributed by atoms with Crippen molar-refractivity contribution in [3.63, 3.8) is 0 Å². The van der Waals surface area contributed by atoms with Crippen LogP contribution >= 0.6 is 15.9 Å². The molecule has 1 aliphatic carbocycles. The molecule has 2 aliphatic rings. The van der Waals surface area contributed by atoms with Crippen LogP contribution in [0.2, 0.25) is 0 Å². The van der Waals surface area contributed by atoms with Crippen LogP contribution in [0.15, 0.2) is 22.8 Å². The molecular formula is C15H15BrFNO3. The maximum absolute atomic E-state index is 13.7. The highest BCUT2D eigenvalue weighted by Gasteiger charge is 2.44. The summed E-state index contributed by atoms with van der Waals surface area (Å²) in [5, 5.41) is 0. The molecule has 4 nitrogen and oxygen atoms in total. The van der Waals surface area contributed by atoms with Gasteiger partial charge >= 0.3 is 5.97 Å². The van der Waals surface area contributed by atoms with Crippen molar-refractivity contribution >= 4 is 27.7 Å². The summed E-state index contributed by atoms with van der Waals surface area (Å²) in [6.45, 7) is -0.0318. The molecule has 0 aromatic heterocycles. The molecule has 6 heteroatoms. The van der Waals surface area contributed by atoms with Gasteiger partial charge in [-0.3, -0.25) is 0 Å². The molecule has 1 aliphatic heterocycles. The van der Waals surface area contributed by atoms with Crippen LogP contribution in [0.1, 0.15) is 28.8 Å². The number of nitrogens with zero attached hydrogens (tertiary/aromatic N) is 1. The van der Waals surface area contributed by atoms with Gasteiger partial charge in [-0.1, -0.05) is 15.9 Å². The van der Waals surface area contributed by atoms with Crippen LogP contribution in [-0.2, 0) is 4.74 Å². The second kappa shape index (κ2) is 5.02. The molecule has 0 saturated heterocycles. The van der Waals surface area contributed by atoms with Crippen LogP contribution in [-0.4, -0.2) is 37.2 Å². The van der Waals surface area contributed by atoms with Crippen molar-refractivity contribution in [3.8, 4) is 5.75 Å². The molecule has 0 unspecified atom stereocenters. The number of hydrogen-bond acceptors (Lipinski definition) is 4. The van der Waals surface area contributed by atoms with E-state index in [1.165, 1.54) is 0 Å². The molecule has 21 heavy (non-hydrogen) atoms. The fourth-order valence-electron chi connectivity index (χ4n) is 2.12. The Labute approximate surface area is 130 Å². The van der Waals surface area contributed by atoms with Crippen LogP contribution in [0.25, 0.3) is 5.76 Å². The summed E-state index contributed by atoms with van der Waals surface area (Å²) >= 11 is 3.38. The van der Waals surface area contributed by atoms with Crippen LogP contribution in [0.4, 0.5) is 4.39 Å². The molecule has 112 valence electrons. The predicted molar refractivity (Wildman–Crippen MR) is 79.8 cm³/mol. The number of fused-ring (bicyclic) bond motifs is 1. The van der Waals surface area contributed by atoms with E-state index in [2.05, 4.69) is 15.9 Å². The molecule has 0 amide bonds. The number of carbonyl (C=O) groups excluding carboxylic acids is 1. The lowest BCUT2D eigenvalue weighted by Crippen LogP contribution is -2.15. The standard InChI is InChI=1S/C15H15BrFNO3/c1-18(2)7-12-10-5-9(16)6-11(13(10)14(19)21-12)20-8-15(17)3-4-15/h5-7H,3-4,8H2,1-2H3. The zero-order valence-electron chi connectivity index (χ0n) is 11.8. The SMILES string of the molecule is CN(C)C=C1OC(=O)c2c(OCC3(F)CC3)cc(Br)cc21. The minimum atomic E-state index is -1.24. The van der Waals surface area contributed by atoms with Crippen molar-refractivity contribution in [2.75, 3.05) is 20.7 Å². The number of ether oxygens (including phenoxy) is 2. The van der Waals surface area contributed by atoms with E-state index in [4.69, 9.17) is 9.47 Å². The van der Waals surface area contributed by atoms with Gasteiger partial charge in [-0.25, -0.2) is 9.18 Å². The number of carbonyl (C=O) groups is 1. The summed E-state index contributed by atoms with van der Waals surface area (Å²) in [5.74, 6) is 0.354. The highest BCUT2D eigenvalue weighted by Crippen LogP contribution is 2.42. The molecule has 0 bridgehead atoms. The van der Waals surface area contributed by atoms with Crippen LogP contribution in [0.3, 0.4) is 0 Å². The zero-order chi connectivity index (χ0) is 15.2. The van der Waals surface area contributed by atoms with Gasteiger partial charge in [0.1, 0.15) is 23.6 Å². The zero-order valence-corrected chi connectivity index (χ0v) is 13.4. The lowest BCUT2D eigenvalue weighted by molar-refractivity contribution is 0.0707. The van der Waals surface area contributed by atoms with E-state index in [0.717, 1.165) is 4.47 Å². The summed E-state index contributed by atoms with van der Waals surface area (Å²) in [7, 11) is 3.68. The number of cyclic esters (lactones) is 1. The molecule has 1 saturated carbocycles. The van der Waals surface area contributed by atoms with Crippen molar-refractivity contribution in [2.24, 2.45) is 0 Å². The average Bonchev–Trinajstić information content (AvgIpc) is 3.05. The number of benzene rings is 1. The molecule has 1 fully saturated rings. The van der Waals surface area contributed by atoms with E-state index in [0.29, 0.717) is 35.5 Å². The van der Waals surface area contributed by atoms with Gasteiger partial charge in [0.05, 0.1) is 0 Å². The first-order chi connectivity index (χ1) is 9.88. The van der Waals surface area contributed by atoms with E-state index in [1.54, 1.807) is 23.2 Å². The Bertz CT molecular complexity index is 638. The molecule has 0 spiro atoms. The summed E-state index contributed by atoms with van der Waals surface area (Å²) < 4.78 is 25.3. The summed E-state index contributed by atoms with van der Waals surface area (Å²) in [6, 6.07) is 3.47. The van der Waals surface area contributed by atoms with E-state index < -0.39 is 11.6 Å². The Morgan fingerprint density at radius 2 is 2.19 bits per heavy atom. The van der Waals surface area contributed by atoms with Crippen molar-refractivity contribution in [2.45, 2.75) is 18.5 Å². The molecule has 0 radical (unpaired) electrons. The maximum atomic E-state index is 13.7. The first-order valence-corrected chi connectivity index (χ1v) is 7.43. The van der Waals surface area contributed by atoms with Gasteiger partial charge in [-0.15, -0.1) is 0 Å². The molecule has 1 aromatic carbocycles. The van der Waals surface area contributed by atoms with E-state index in [1.807, 2.05) is 14.1 Å². The number of rotatable bonds is 4. The Kier molecular flexibility index (Phi) is 3.43.